The molecule has 1 amide bonds. The van der Waals surface area contributed by atoms with E-state index in [0.717, 1.165) is 6.20 Å². The molecule has 98 valence electrons. The first-order valence-corrected chi connectivity index (χ1v) is 7.48. The Hall–Kier alpha value is -1.21. The van der Waals surface area contributed by atoms with Crippen molar-refractivity contribution in [1.29, 1.82) is 0 Å². The van der Waals surface area contributed by atoms with Gasteiger partial charge in [0.15, 0.2) is 0 Å². The van der Waals surface area contributed by atoms with Crippen molar-refractivity contribution in [3.05, 3.63) is 29.8 Å². The molecule has 1 saturated heterocycles. The summed E-state index contributed by atoms with van der Waals surface area (Å²) in [4.78, 5) is 15.3. The van der Waals surface area contributed by atoms with Crippen LogP contribution in [-0.2, 0) is 19.6 Å². The minimum Gasteiger partial charge on any atom is -0.274 e. The van der Waals surface area contributed by atoms with E-state index in [9.17, 15) is 17.6 Å². The molecule has 0 saturated carbocycles. The maximum absolute atomic E-state index is 12.8. The molecule has 0 N–H and O–H groups in total. The Kier molecular flexibility index (Phi) is 3.06. The van der Waals surface area contributed by atoms with Crippen LogP contribution in [0.15, 0.2) is 18.3 Å². The Balaban J connectivity index is 2.50. The summed E-state index contributed by atoms with van der Waals surface area (Å²) >= 11 is 0. The fourth-order valence-electron chi connectivity index (χ4n) is 2.17. The van der Waals surface area contributed by atoms with E-state index in [-0.39, 0.29) is 6.42 Å². The third-order valence-corrected chi connectivity index (χ3v) is 4.47. The molecule has 0 bridgehead atoms. The van der Waals surface area contributed by atoms with Crippen molar-refractivity contribution in [1.82, 2.24) is 9.29 Å². The van der Waals surface area contributed by atoms with Crippen molar-refractivity contribution in [2.45, 2.75) is 25.3 Å². The first kappa shape index (κ1) is 13.2. The van der Waals surface area contributed by atoms with Gasteiger partial charge in [0.1, 0.15) is 11.4 Å². The monoisotopic (exact) mass is 292 g/mol. The topological polar surface area (TPSA) is 67.3 Å². The highest BCUT2D eigenvalue weighted by molar-refractivity contribution is 8.12. The van der Waals surface area contributed by atoms with Crippen LogP contribution in [0.1, 0.15) is 25.5 Å². The lowest BCUT2D eigenvalue weighted by atomic mass is 9.81. The normalized spacial score (nSPS) is 23.9. The van der Waals surface area contributed by atoms with E-state index in [1.807, 2.05) is 0 Å². The van der Waals surface area contributed by atoms with Gasteiger partial charge < -0.3 is 0 Å². The fraction of sp³-hybridized carbons (Fsp3) is 0.400. The maximum Gasteiger partial charge on any atom is 0.324 e. The average molecular weight is 293 g/mol. The Bertz CT molecular complexity index is 590. The Labute approximate surface area is 108 Å². The summed E-state index contributed by atoms with van der Waals surface area (Å²) in [5, 5.41) is 0. The molecule has 5 nitrogen and oxygen atoms in total. The number of carbonyl (C=O) groups excluding carboxylic acids is 1. The highest BCUT2D eigenvalue weighted by atomic mass is 35.7. The summed E-state index contributed by atoms with van der Waals surface area (Å²) in [6.45, 7) is 1.71. The highest BCUT2D eigenvalue weighted by Gasteiger charge is 2.57. The second-order valence-electron chi connectivity index (χ2n) is 4.02. The van der Waals surface area contributed by atoms with Crippen LogP contribution in [0.25, 0.3) is 0 Å². The van der Waals surface area contributed by atoms with Crippen LogP contribution >= 0.6 is 10.7 Å². The van der Waals surface area contributed by atoms with Crippen molar-refractivity contribution >= 4 is 25.8 Å². The standard InChI is InChI=1S/C10H10ClFN2O3S/c1-2-10(8-4-3-7(12)6-13-8)5-9(15)14(10)18(11,16)17/h3-4,6H,2,5H2,1H3. The van der Waals surface area contributed by atoms with Crippen molar-refractivity contribution in [2.24, 2.45) is 0 Å². The van der Waals surface area contributed by atoms with Crippen molar-refractivity contribution in [2.75, 3.05) is 0 Å². The van der Waals surface area contributed by atoms with Crippen LogP contribution in [0.4, 0.5) is 4.39 Å². The van der Waals surface area contributed by atoms with E-state index in [2.05, 4.69) is 4.98 Å². The molecule has 18 heavy (non-hydrogen) atoms. The number of β-lactam (4-membered cyclic amide) rings is 1. The number of hydrogen-bond donors (Lipinski definition) is 0. The molecular formula is C10H10ClFN2O3S. The lowest BCUT2D eigenvalue weighted by molar-refractivity contribution is -0.146. The molecule has 1 unspecified atom stereocenters. The second kappa shape index (κ2) is 4.17. The zero-order chi connectivity index (χ0) is 13.6. The first-order valence-electron chi connectivity index (χ1n) is 5.21. The minimum absolute atomic E-state index is 0.00587. The zero-order valence-electron chi connectivity index (χ0n) is 9.43. The lowest BCUT2D eigenvalue weighted by Crippen LogP contribution is -2.62. The van der Waals surface area contributed by atoms with Crippen LogP contribution < -0.4 is 0 Å². The number of amides is 1. The number of halogens is 2. The first-order chi connectivity index (χ1) is 8.31. The van der Waals surface area contributed by atoms with Crippen LogP contribution in [-0.4, -0.2) is 23.6 Å². The predicted molar refractivity (Wildman–Crippen MR) is 62.4 cm³/mol. The molecular weight excluding hydrogens is 283 g/mol. The largest absolute Gasteiger partial charge is 0.324 e. The third-order valence-electron chi connectivity index (χ3n) is 3.07. The molecule has 1 aliphatic heterocycles. The van der Waals surface area contributed by atoms with Gasteiger partial charge in [-0.15, -0.1) is 0 Å². The van der Waals surface area contributed by atoms with E-state index in [4.69, 9.17) is 10.7 Å². The molecule has 0 spiro atoms. The van der Waals surface area contributed by atoms with Crippen LogP contribution in [0.3, 0.4) is 0 Å². The van der Waals surface area contributed by atoms with Gasteiger partial charge in [0.25, 0.3) is 0 Å². The van der Waals surface area contributed by atoms with Gasteiger partial charge in [0.05, 0.1) is 18.3 Å². The van der Waals surface area contributed by atoms with Gasteiger partial charge in [-0.25, -0.2) is 8.70 Å². The van der Waals surface area contributed by atoms with Crippen molar-refractivity contribution in [3.63, 3.8) is 0 Å². The number of hydrogen-bond acceptors (Lipinski definition) is 4. The Morgan fingerprint density at radius 3 is 2.61 bits per heavy atom. The summed E-state index contributed by atoms with van der Waals surface area (Å²) in [7, 11) is 1.08. The van der Waals surface area contributed by atoms with Crippen LogP contribution in [0, 0.1) is 5.82 Å². The summed E-state index contributed by atoms with van der Waals surface area (Å²) in [6.07, 6.45) is 1.30. The molecule has 0 aliphatic carbocycles. The number of carbonyl (C=O) groups is 1. The second-order valence-corrected chi connectivity index (χ2v) is 6.38. The summed E-state index contributed by atoms with van der Waals surface area (Å²) in [5.41, 5.74) is -0.777. The molecule has 0 radical (unpaired) electrons. The van der Waals surface area contributed by atoms with Gasteiger partial charge in [0.2, 0.25) is 5.91 Å². The van der Waals surface area contributed by atoms with Gasteiger partial charge in [0, 0.05) is 10.7 Å². The Morgan fingerprint density at radius 1 is 1.56 bits per heavy atom. The van der Waals surface area contributed by atoms with Gasteiger partial charge in [-0.2, -0.15) is 8.42 Å². The molecule has 1 aliphatic rings. The summed E-state index contributed by atoms with van der Waals surface area (Å²) in [5.74, 6) is -1.12. The van der Waals surface area contributed by atoms with Crippen molar-refractivity contribution < 1.29 is 17.6 Å². The van der Waals surface area contributed by atoms with E-state index in [1.165, 1.54) is 12.1 Å². The summed E-state index contributed by atoms with van der Waals surface area (Å²) < 4.78 is 36.2. The summed E-state index contributed by atoms with van der Waals surface area (Å²) in [6, 6.07) is 2.53. The lowest BCUT2D eigenvalue weighted by Gasteiger charge is -2.48. The number of aromatic nitrogens is 1. The smallest absolute Gasteiger partial charge is 0.274 e. The van der Waals surface area contributed by atoms with Crippen LogP contribution in [0.2, 0.25) is 0 Å². The molecule has 1 aromatic rings. The number of rotatable bonds is 3. The predicted octanol–water partition coefficient (Wildman–Crippen LogP) is 1.54. The molecule has 1 aromatic heterocycles. The van der Waals surface area contributed by atoms with Crippen molar-refractivity contribution in [3.8, 4) is 0 Å². The molecule has 2 heterocycles. The third kappa shape index (κ3) is 1.87. The van der Waals surface area contributed by atoms with Gasteiger partial charge in [-0.3, -0.25) is 9.78 Å². The number of pyridine rings is 1. The molecule has 8 heteroatoms. The maximum atomic E-state index is 12.8. The van der Waals surface area contributed by atoms with Crippen LogP contribution in [0.5, 0.6) is 0 Å². The highest BCUT2D eigenvalue weighted by Crippen LogP contribution is 2.46. The fourth-order valence-corrected chi connectivity index (χ4v) is 3.81. The van der Waals surface area contributed by atoms with Gasteiger partial charge in [-0.1, -0.05) is 6.92 Å². The van der Waals surface area contributed by atoms with E-state index in [1.54, 1.807) is 6.92 Å². The Morgan fingerprint density at radius 2 is 2.22 bits per heavy atom. The molecule has 1 fully saturated rings. The number of nitrogens with zero attached hydrogens (tertiary/aromatic N) is 2. The minimum atomic E-state index is -4.17. The van der Waals surface area contributed by atoms with E-state index >= 15 is 0 Å². The zero-order valence-corrected chi connectivity index (χ0v) is 11.0. The SMILES string of the molecule is CCC1(c2ccc(F)cn2)CC(=O)N1S(=O)(=O)Cl. The quantitative estimate of drug-likeness (QED) is 0.626. The molecule has 1 atom stereocenters. The average Bonchev–Trinajstić information content (AvgIpc) is 2.24. The van der Waals surface area contributed by atoms with Gasteiger partial charge >= 0.3 is 9.24 Å². The van der Waals surface area contributed by atoms with E-state index in [0.29, 0.717) is 16.4 Å². The molecule has 2 rings (SSSR count). The van der Waals surface area contributed by atoms with E-state index < -0.39 is 26.5 Å². The molecule has 0 aromatic carbocycles. The van der Waals surface area contributed by atoms with Gasteiger partial charge in [-0.05, 0) is 18.6 Å².